The van der Waals surface area contributed by atoms with Gasteiger partial charge in [-0.25, -0.2) is 8.42 Å². The molecule has 1 aromatic carbocycles. The largest absolute Gasteiger partial charge is 0.311 e. The van der Waals surface area contributed by atoms with Crippen LogP contribution in [0, 0.1) is 3.57 Å². The number of benzene rings is 1. The molecule has 0 aromatic heterocycles. The molecule has 0 amide bonds. The van der Waals surface area contributed by atoms with Crippen LogP contribution >= 0.6 is 22.6 Å². The van der Waals surface area contributed by atoms with Crippen molar-refractivity contribution in [2.24, 2.45) is 0 Å². The van der Waals surface area contributed by atoms with Crippen LogP contribution in [0.5, 0.6) is 0 Å². The molecule has 2 unspecified atom stereocenters. The topological polar surface area (TPSA) is 49.4 Å². The first-order valence-electron chi connectivity index (χ1n) is 6.99. The Kier molecular flexibility index (Phi) is 5.44. The van der Waals surface area contributed by atoms with Gasteiger partial charge in [-0.3, -0.25) is 0 Å². The molecule has 0 bridgehead atoms. The summed E-state index contributed by atoms with van der Waals surface area (Å²) in [6, 6.07) is 7.38. The molecule has 4 nitrogen and oxygen atoms in total. The molecular weight excluding hydrogens is 387 g/mol. The van der Waals surface area contributed by atoms with Crippen LogP contribution in [0.1, 0.15) is 26.7 Å². The van der Waals surface area contributed by atoms with Crippen LogP contribution in [-0.2, 0) is 10.0 Å². The van der Waals surface area contributed by atoms with Crippen molar-refractivity contribution in [2.45, 2.75) is 43.7 Å². The first-order valence-corrected chi connectivity index (χ1v) is 9.51. The van der Waals surface area contributed by atoms with E-state index in [4.69, 9.17) is 0 Å². The van der Waals surface area contributed by atoms with Crippen LogP contribution < -0.4 is 5.32 Å². The predicted molar refractivity (Wildman–Crippen MR) is 89.2 cm³/mol. The Morgan fingerprint density at radius 1 is 1.25 bits per heavy atom. The van der Waals surface area contributed by atoms with E-state index < -0.39 is 10.0 Å². The van der Waals surface area contributed by atoms with E-state index in [0.29, 0.717) is 11.4 Å². The molecule has 1 saturated heterocycles. The maximum atomic E-state index is 12.8. The van der Waals surface area contributed by atoms with Gasteiger partial charge in [0.25, 0.3) is 0 Å². The van der Waals surface area contributed by atoms with Crippen molar-refractivity contribution in [3.05, 3.63) is 27.8 Å². The molecule has 0 spiro atoms. The third kappa shape index (κ3) is 3.35. The fourth-order valence-corrected chi connectivity index (χ4v) is 4.60. The van der Waals surface area contributed by atoms with Gasteiger partial charge in [-0.1, -0.05) is 13.8 Å². The van der Waals surface area contributed by atoms with E-state index >= 15 is 0 Å². The molecule has 1 aromatic rings. The minimum absolute atomic E-state index is 0.0436. The lowest BCUT2D eigenvalue weighted by atomic mass is 10.1. The van der Waals surface area contributed by atoms with Crippen molar-refractivity contribution in [3.8, 4) is 0 Å². The molecule has 2 rings (SSSR count). The van der Waals surface area contributed by atoms with Crippen LogP contribution in [0.4, 0.5) is 0 Å². The van der Waals surface area contributed by atoms with E-state index in [0.717, 1.165) is 23.0 Å². The number of halogens is 1. The van der Waals surface area contributed by atoms with Crippen molar-refractivity contribution in [2.75, 3.05) is 13.1 Å². The van der Waals surface area contributed by atoms with Crippen molar-refractivity contribution in [1.82, 2.24) is 9.62 Å². The molecule has 2 atom stereocenters. The Bertz CT molecular complexity index is 545. The van der Waals surface area contributed by atoms with Gasteiger partial charge in [-0.15, -0.1) is 0 Å². The number of rotatable bonds is 4. The van der Waals surface area contributed by atoms with Crippen molar-refractivity contribution in [1.29, 1.82) is 0 Å². The number of hydrogen-bond donors (Lipinski definition) is 1. The lowest BCUT2D eigenvalue weighted by molar-refractivity contribution is 0.215. The lowest BCUT2D eigenvalue weighted by Crippen LogP contribution is -2.57. The monoisotopic (exact) mass is 408 g/mol. The Morgan fingerprint density at radius 2 is 1.90 bits per heavy atom. The van der Waals surface area contributed by atoms with E-state index in [1.165, 1.54) is 0 Å². The lowest BCUT2D eigenvalue weighted by Gasteiger charge is -2.38. The van der Waals surface area contributed by atoms with Crippen molar-refractivity contribution in [3.63, 3.8) is 0 Å². The summed E-state index contributed by atoms with van der Waals surface area (Å²) in [6.07, 6.45) is 1.77. The molecule has 1 aliphatic rings. The van der Waals surface area contributed by atoms with Gasteiger partial charge in [0.15, 0.2) is 0 Å². The molecule has 112 valence electrons. The van der Waals surface area contributed by atoms with E-state index in [1.807, 2.05) is 19.1 Å². The Balaban J connectivity index is 2.32. The van der Waals surface area contributed by atoms with Gasteiger partial charge < -0.3 is 5.32 Å². The van der Waals surface area contributed by atoms with Crippen LogP contribution in [0.2, 0.25) is 0 Å². The zero-order chi connectivity index (χ0) is 14.8. The predicted octanol–water partition coefficient (Wildman–Crippen LogP) is 2.44. The van der Waals surface area contributed by atoms with Gasteiger partial charge in [0.2, 0.25) is 10.0 Å². The number of piperazine rings is 1. The maximum Gasteiger partial charge on any atom is 0.243 e. The van der Waals surface area contributed by atoms with Crippen molar-refractivity contribution < 1.29 is 8.42 Å². The molecule has 0 aliphatic carbocycles. The molecular formula is C14H21IN2O2S. The first-order chi connectivity index (χ1) is 9.48. The van der Waals surface area contributed by atoms with E-state index in [1.54, 1.807) is 16.4 Å². The summed E-state index contributed by atoms with van der Waals surface area (Å²) in [4.78, 5) is 0.396. The molecule has 0 radical (unpaired) electrons. The second-order valence-corrected chi connectivity index (χ2v) is 8.24. The average molecular weight is 408 g/mol. The van der Waals surface area contributed by atoms with Gasteiger partial charge in [0, 0.05) is 28.7 Å². The highest BCUT2D eigenvalue weighted by atomic mass is 127. The van der Waals surface area contributed by atoms with Crippen LogP contribution in [0.25, 0.3) is 0 Å². The summed E-state index contributed by atoms with van der Waals surface area (Å²) in [5.74, 6) is 0. The SMILES string of the molecule is CCC1CN(S(=O)(=O)c2ccc(I)cc2)C(CC)CN1. The minimum Gasteiger partial charge on any atom is -0.311 e. The highest BCUT2D eigenvalue weighted by Crippen LogP contribution is 2.23. The minimum atomic E-state index is -3.39. The fourth-order valence-electron chi connectivity index (χ4n) is 2.49. The number of nitrogens with one attached hydrogen (secondary N) is 1. The summed E-state index contributed by atoms with van der Waals surface area (Å²) in [5, 5.41) is 3.43. The normalized spacial score (nSPS) is 24.8. The van der Waals surface area contributed by atoms with Gasteiger partial charge in [0.1, 0.15) is 0 Å². The van der Waals surface area contributed by atoms with Crippen molar-refractivity contribution >= 4 is 32.6 Å². The molecule has 20 heavy (non-hydrogen) atoms. The summed E-state index contributed by atoms with van der Waals surface area (Å²) in [6.45, 7) is 5.41. The van der Waals surface area contributed by atoms with Gasteiger partial charge in [-0.05, 0) is 59.7 Å². The number of hydrogen-bond acceptors (Lipinski definition) is 3. The third-order valence-corrected chi connectivity index (χ3v) is 6.49. The first kappa shape index (κ1) is 16.2. The van der Waals surface area contributed by atoms with Gasteiger partial charge in [-0.2, -0.15) is 4.31 Å². The standard InChI is InChI=1S/C14H21IN2O2S/c1-3-12-10-17(13(4-2)9-16-12)20(18,19)14-7-5-11(15)6-8-14/h5-8,12-13,16H,3-4,9-10H2,1-2H3. The Labute approximate surface area is 135 Å². The van der Waals surface area contributed by atoms with Gasteiger partial charge >= 0.3 is 0 Å². The smallest absolute Gasteiger partial charge is 0.243 e. The highest BCUT2D eigenvalue weighted by Gasteiger charge is 2.35. The molecule has 1 heterocycles. The zero-order valence-corrected chi connectivity index (χ0v) is 14.8. The molecule has 1 aliphatic heterocycles. The highest BCUT2D eigenvalue weighted by molar-refractivity contribution is 14.1. The number of sulfonamides is 1. The Morgan fingerprint density at radius 3 is 2.45 bits per heavy atom. The van der Waals surface area contributed by atoms with Crippen LogP contribution in [0.3, 0.4) is 0 Å². The second kappa shape index (κ2) is 6.72. The molecule has 6 heteroatoms. The summed E-state index contributed by atoms with van der Waals surface area (Å²) in [7, 11) is -3.39. The summed E-state index contributed by atoms with van der Waals surface area (Å²) < 4.78 is 28.4. The maximum absolute atomic E-state index is 12.8. The zero-order valence-electron chi connectivity index (χ0n) is 11.8. The Hall–Kier alpha value is -0.180. The van der Waals surface area contributed by atoms with Crippen LogP contribution in [-0.4, -0.2) is 37.9 Å². The van der Waals surface area contributed by atoms with E-state index in [9.17, 15) is 8.42 Å². The summed E-state index contributed by atoms with van der Waals surface area (Å²) in [5.41, 5.74) is 0. The average Bonchev–Trinajstić information content (AvgIpc) is 2.47. The third-order valence-electron chi connectivity index (χ3n) is 3.83. The van der Waals surface area contributed by atoms with E-state index in [2.05, 4.69) is 34.8 Å². The fraction of sp³-hybridized carbons (Fsp3) is 0.571. The molecule has 0 saturated carbocycles. The van der Waals surface area contributed by atoms with E-state index in [-0.39, 0.29) is 12.1 Å². The van der Waals surface area contributed by atoms with Crippen LogP contribution in [0.15, 0.2) is 29.2 Å². The molecule has 1 fully saturated rings. The second-order valence-electron chi connectivity index (χ2n) is 5.10. The number of nitrogens with zero attached hydrogens (tertiary/aromatic N) is 1. The summed E-state index contributed by atoms with van der Waals surface area (Å²) >= 11 is 2.18. The quantitative estimate of drug-likeness (QED) is 0.779. The molecule has 1 N–H and O–H groups in total. The van der Waals surface area contributed by atoms with Gasteiger partial charge in [0.05, 0.1) is 4.90 Å².